The second kappa shape index (κ2) is 11.4. The van der Waals surface area contributed by atoms with Gasteiger partial charge in [0.2, 0.25) is 5.91 Å². The van der Waals surface area contributed by atoms with Crippen molar-refractivity contribution in [3.05, 3.63) is 90.6 Å². The van der Waals surface area contributed by atoms with E-state index in [1.165, 1.54) is 0 Å². The smallest absolute Gasteiger partial charge is 0.223 e. The number of carbonyl (C=O) groups is 1. The van der Waals surface area contributed by atoms with Crippen molar-refractivity contribution in [3.8, 4) is 40.2 Å². The van der Waals surface area contributed by atoms with Gasteiger partial charge in [0, 0.05) is 92.5 Å². The number of amides is 1. The summed E-state index contributed by atoms with van der Waals surface area (Å²) >= 11 is 0. The van der Waals surface area contributed by atoms with Crippen molar-refractivity contribution in [2.45, 2.75) is 12.8 Å². The van der Waals surface area contributed by atoms with E-state index in [9.17, 15) is 10.1 Å². The first-order chi connectivity index (χ1) is 20.1. The zero-order valence-electron chi connectivity index (χ0n) is 22.7. The zero-order chi connectivity index (χ0) is 28.2. The molecule has 5 heterocycles. The van der Waals surface area contributed by atoms with Crippen LogP contribution in [0.5, 0.6) is 0 Å². The van der Waals surface area contributed by atoms with Gasteiger partial charge in [-0.2, -0.15) is 15.5 Å². The van der Waals surface area contributed by atoms with Crippen molar-refractivity contribution >= 4 is 17.2 Å². The Bertz CT molecular complexity index is 1790. The van der Waals surface area contributed by atoms with Crippen LogP contribution in [-0.2, 0) is 11.8 Å². The minimum Gasteiger partial charge on any atom is -0.353 e. The standard InChI is InChI=1S/C32H28N8O/c1-37-22-28(21-35-37)26-17-29(32-27(18-33)20-36-40(32)23-26)25-11-12-30(34-19-25)38-13-15-39(16-14-38)31(41)10-6-5-9-24-7-3-2-4-8-24/h2-4,7-8,11-12,17,19-23H,6,10,13-16H2,1H3. The number of hydrogen-bond acceptors (Lipinski definition) is 6. The lowest BCUT2D eigenvalue weighted by molar-refractivity contribution is -0.131. The molecular weight excluding hydrogens is 512 g/mol. The summed E-state index contributed by atoms with van der Waals surface area (Å²) in [4.78, 5) is 21.6. The monoisotopic (exact) mass is 540 g/mol. The van der Waals surface area contributed by atoms with Crippen LogP contribution in [0.2, 0.25) is 0 Å². The highest BCUT2D eigenvalue weighted by atomic mass is 16.2. The highest BCUT2D eigenvalue weighted by Gasteiger charge is 2.22. The minimum atomic E-state index is 0.141. The van der Waals surface area contributed by atoms with Crippen LogP contribution in [0, 0.1) is 23.2 Å². The van der Waals surface area contributed by atoms with Crippen LogP contribution in [0.3, 0.4) is 0 Å². The van der Waals surface area contributed by atoms with E-state index < -0.39 is 0 Å². The minimum absolute atomic E-state index is 0.141. The second-order valence-electron chi connectivity index (χ2n) is 9.95. The maximum Gasteiger partial charge on any atom is 0.223 e. The Morgan fingerprint density at radius 3 is 2.46 bits per heavy atom. The fourth-order valence-electron chi connectivity index (χ4n) is 5.08. The molecule has 1 aromatic carbocycles. The number of anilines is 1. The topological polar surface area (TPSA) is 95.3 Å². The van der Waals surface area contributed by atoms with Gasteiger partial charge in [0.25, 0.3) is 0 Å². The largest absolute Gasteiger partial charge is 0.353 e. The molecule has 0 bridgehead atoms. The number of pyridine rings is 2. The highest BCUT2D eigenvalue weighted by molar-refractivity contribution is 5.87. The Morgan fingerprint density at radius 2 is 1.76 bits per heavy atom. The van der Waals surface area contributed by atoms with E-state index in [1.807, 2.05) is 79.2 Å². The molecule has 0 aliphatic carbocycles. The SMILES string of the molecule is Cn1cc(-c2cc(-c3ccc(N4CCN(C(=O)CCC#Cc5ccccc5)CC4)nc3)c3c(C#N)cnn3c2)cn1. The van der Waals surface area contributed by atoms with Gasteiger partial charge in [-0.1, -0.05) is 30.0 Å². The summed E-state index contributed by atoms with van der Waals surface area (Å²) in [7, 11) is 1.88. The number of rotatable bonds is 5. The third-order valence-corrected chi connectivity index (χ3v) is 7.26. The van der Waals surface area contributed by atoms with Gasteiger partial charge in [-0.15, -0.1) is 0 Å². The van der Waals surface area contributed by atoms with Crippen molar-refractivity contribution in [2.75, 3.05) is 31.1 Å². The molecule has 1 amide bonds. The van der Waals surface area contributed by atoms with Crippen LogP contribution in [0.4, 0.5) is 5.82 Å². The third-order valence-electron chi connectivity index (χ3n) is 7.26. The number of aryl methyl sites for hydroxylation is 1. The molecule has 0 atom stereocenters. The lowest BCUT2D eigenvalue weighted by Crippen LogP contribution is -2.49. The molecule has 9 heteroatoms. The maximum absolute atomic E-state index is 12.7. The first kappa shape index (κ1) is 25.8. The summed E-state index contributed by atoms with van der Waals surface area (Å²) in [5.74, 6) is 7.23. The Labute approximate surface area is 238 Å². The van der Waals surface area contributed by atoms with Crippen LogP contribution >= 0.6 is 0 Å². The first-order valence-electron chi connectivity index (χ1n) is 13.5. The first-order valence-corrected chi connectivity index (χ1v) is 13.5. The molecule has 5 aromatic rings. The Hall–Kier alpha value is -5.41. The third kappa shape index (κ3) is 5.52. The molecule has 0 spiro atoms. The summed E-state index contributed by atoms with van der Waals surface area (Å²) in [6, 6.07) is 18.2. The number of nitrogens with zero attached hydrogens (tertiary/aromatic N) is 8. The fraction of sp³-hybridized carbons (Fsp3) is 0.219. The van der Waals surface area contributed by atoms with Crippen LogP contribution in [0.25, 0.3) is 27.8 Å². The summed E-state index contributed by atoms with van der Waals surface area (Å²) in [5, 5.41) is 18.4. The van der Waals surface area contributed by atoms with Gasteiger partial charge < -0.3 is 9.80 Å². The molecule has 0 saturated carbocycles. The van der Waals surface area contributed by atoms with Crippen molar-refractivity contribution in [1.29, 1.82) is 5.26 Å². The number of fused-ring (bicyclic) bond motifs is 1. The van der Waals surface area contributed by atoms with Gasteiger partial charge in [0.15, 0.2) is 0 Å². The number of nitriles is 1. The Morgan fingerprint density at radius 1 is 0.927 bits per heavy atom. The van der Waals surface area contributed by atoms with Crippen LogP contribution in [0.15, 0.2) is 79.5 Å². The molecule has 6 rings (SSSR count). The van der Waals surface area contributed by atoms with Gasteiger partial charge >= 0.3 is 0 Å². The van der Waals surface area contributed by atoms with E-state index in [-0.39, 0.29) is 5.91 Å². The molecular formula is C32H28N8O. The van der Waals surface area contributed by atoms with Crippen molar-refractivity contribution in [3.63, 3.8) is 0 Å². The van der Waals surface area contributed by atoms with Crippen molar-refractivity contribution in [2.24, 2.45) is 7.05 Å². The van der Waals surface area contributed by atoms with Crippen LogP contribution < -0.4 is 4.90 Å². The molecule has 1 saturated heterocycles. The predicted octanol–water partition coefficient (Wildman–Crippen LogP) is 4.15. The van der Waals surface area contributed by atoms with E-state index >= 15 is 0 Å². The Kier molecular flexibility index (Phi) is 7.17. The van der Waals surface area contributed by atoms with Crippen molar-refractivity contribution < 1.29 is 4.79 Å². The number of carbonyl (C=O) groups excluding carboxylic acids is 1. The van der Waals surface area contributed by atoms with Gasteiger partial charge in [-0.3, -0.25) is 9.48 Å². The molecule has 0 unspecified atom stereocenters. The fourth-order valence-corrected chi connectivity index (χ4v) is 5.08. The number of hydrogen-bond donors (Lipinski definition) is 0. The van der Waals surface area contributed by atoms with Gasteiger partial charge in [-0.25, -0.2) is 9.50 Å². The molecule has 202 valence electrons. The number of piperazine rings is 1. The van der Waals surface area contributed by atoms with E-state index in [4.69, 9.17) is 4.98 Å². The van der Waals surface area contributed by atoms with E-state index in [0.717, 1.165) is 52.2 Å². The lowest BCUT2D eigenvalue weighted by Gasteiger charge is -2.35. The molecule has 1 aliphatic rings. The average Bonchev–Trinajstić information content (AvgIpc) is 3.65. The summed E-state index contributed by atoms with van der Waals surface area (Å²) in [5.41, 5.74) is 5.91. The second-order valence-corrected chi connectivity index (χ2v) is 9.95. The number of aromatic nitrogens is 5. The summed E-state index contributed by atoms with van der Waals surface area (Å²) in [6.07, 6.45) is 10.1. The molecule has 4 aromatic heterocycles. The number of benzene rings is 1. The van der Waals surface area contributed by atoms with Gasteiger partial charge in [-0.05, 0) is 30.3 Å². The average molecular weight is 541 g/mol. The summed E-state index contributed by atoms with van der Waals surface area (Å²) < 4.78 is 3.50. The van der Waals surface area contributed by atoms with Crippen LogP contribution in [0.1, 0.15) is 24.0 Å². The van der Waals surface area contributed by atoms with Crippen LogP contribution in [-0.4, -0.2) is 61.4 Å². The van der Waals surface area contributed by atoms with E-state index in [2.05, 4.69) is 39.1 Å². The molecule has 1 aliphatic heterocycles. The van der Waals surface area contributed by atoms with Gasteiger partial charge in [0.05, 0.1) is 23.5 Å². The van der Waals surface area contributed by atoms with Crippen molar-refractivity contribution in [1.82, 2.24) is 29.3 Å². The molecule has 0 N–H and O–H groups in total. The highest BCUT2D eigenvalue weighted by Crippen LogP contribution is 2.32. The molecule has 9 nitrogen and oxygen atoms in total. The maximum atomic E-state index is 12.7. The Balaban J connectivity index is 1.13. The normalized spacial score (nSPS) is 13.1. The van der Waals surface area contributed by atoms with Gasteiger partial charge in [0.1, 0.15) is 11.9 Å². The molecule has 1 fully saturated rings. The van der Waals surface area contributed by atoms with E-state index in [1.54, 1.807) is 15.4 Å². The lowest BCUT2D eigenvalue weighted by atomic mass is 10.0. The molecule has 41 heavy (non-hydrogen) atoms. The molecule has 0 radical (unpaired) electrons. The predicted molar refractivity (Wildman–Crippen MR) is 157 cm³/mol. The summed E-state index contributed by atoms with van der Waals surface area (Å²) in [6.45, 7) is 2.75. The quantitative estimate of drug-likeness (QED) is 0.311. The van der Waals surface area contributed by atoms with E-state index in [0.29, 0.717) is 31.5 Å². The zero-order valence-corrected chi connectivity index (χ0v) is 22.7.